The number of aliphatic hydroxyl groups excluding tert-OH is 1. The number of aromatic nitrogens is 2. The number of anilines is 1. The van der Waals surface area contributed by atoms with Crippen LogP contribution in [0.4, 0.5) is 10.3 Å². The molecular weight excluding hydrogens is 471 g/mol. The number of likely N-dealkylation sites (N-methyl/N-ethyl adjacent to an activating group) is 1. The zero-order chi connectivity index (χ0) is 26.4. The van der Waals surface area contributed by atoms with Crippen molar-refractivity contribution in [2.45, 2.75) is 12.7 Å². The van der Waals surface area contributed by atoms with Crippen LogP contribution in [0.5, 0.6) is 5.75 Å². The topological polar surface area (TPSA) is 78.8 Å². The number of nitrogens with zero attached hydrogens (tertiary/aromatic N) is 4. The summed E-state index contributed by atoms with van der Waals surface area (Å²) in [6, 6.07) is 23.1. The largest absolute Gasteiger partial charge is 0.489 e. The molecule has 0 aliphatic heterocycles. The molecule has 1 N–H and O–H groups in total. The summed E-state index contributed by atoms with van der Waals surface area (Å²) in [5, 5.41) is 10.9. The number of rotatable bonds is 9. The number of ether oxygens (including phenoxy) is 1. The number of halogens is 1. The maximum Gasteiger partial charge on any atom is 0.257 e. The first kappa shape index (κ1) is 25.8. The summed E-state index contributed by atoms with van der Waals surface area (Å²) >= 11 is 0. The van der Waals surface area contributed by atoms with Gasteiger partial charge in [-0.1, -0.05) is 54.6 Å². The molecule has 1 atom stereocenters. The van der Waals surface area contributed by atoms with E-state index in [0.717, 1.165) is 5.56 Å². The van der Waals surface area contributed by atoms with Gasteiger partial charge in [0.1, 0.15) is 18.2 Å². The first-order valence-corrected chi connectivity index (χ1v) is 11.8. The predicted molar refractivity (Wildman–Crippen MR) is 141 cm³/mol. The molecule has 3 aromatic carbocycles. The molecule has 4 rings (SSSR count). The van der Waals surface area contributed by atoms with Crippen molar-refractivity contribution in [1.82, 2.24) is 14.9 Å². The normalized spacial score (nSPS) is 11.6. The second-order valence-corrected chi connectivity index (χ2v) is 8.85. The third kappa shape index (κ3) is 6.29. The van der Waals surface area contributed by atoms with Crippen molar-refractivity contribution >= 4 is 11.9 Å². The van der Waals surface area contributed by atoms with E-state index >= 15 is 0 Å². The van der Waals surface area contributed by atoms with Crippen LogP contribution in [0.1, 0.15) is 27.6 Å². The third-order valence-electron chi connectivity index (χ3n) is 5.82. The van der Waals surface area contributed by atoms with E-state index in [2.05, 4.69) is 9.97 Å². The molecule has 1 heterocycles. The molecule has 0 bridgehead atoms. The maximum atomic E-state index is 14.6. The number of carbonyl (C=O) groups is 1. The van der Waals surface area contributed by atoms with Crippen molar-refractivity contribution in [1.29, 1.82) is 0 Å². The highest BCUT2D eigenvalue weighted by atomic mass is 19.1. The van der Waals surface area contributed by atoms with Crippen LogP contribution in [0.3, 0.4) is 0 Å². The lowest BCUT2D eigenvalue weighted by Crippen LogP contribution is -2.32. The van der Waals surface area contributed by atoms with Crippen LogP contribution in [0, 0.1) is 5.82 Å². The van der Waals surface area contributed by atoms with E-state index in [1.165, 1.54) is 17.2 Å². The van der Waals surface area contributed by atoms with Crippen molar-refractivity contribution in [3.63, 3.8) is 0 Å². The van der Waals surface area contributed by atoms with Gasteiger partial charge in [-0.3, -0.25) is 4.79 Å². The Morgan fingerprint density at radius 3 is 2.46 bits per heavy atom. The molecule has 0 aliphatic rings. The van der Waals surface area contributed by atoms with E-state index in [1.54, 1.807) is 62.4 Å². The van der Waals surface area contributed by atoms with Gasteiger partial charge in [-0.15, -0.1) is 0 Å². The lowest BCUT2D eigenvalue weighted by atomic mass is 10.0. The van der Waals surface area contributed by atoms with Crippen molar-refractivity contribution < 1.29 is 19.0 Å². The summed E-state index contributed by atoms with van der Waals surface area (Å²) in [6.07, 6.45) is 0.431. The predicted octanol–water partition coefficient (Wildman–Crippen LogP) is 4.73. The Balaban J connectivity index is 1.51. The smallest absolute Gasteiger partial charge is 0.257 e. The van der Waals surface area contributed by atoms with Crippen molar-refractivity contribution in [3.8, 4) is 17.0 Å². The second-order valence-electron chi connectivity index (χ2n) is 8.85. The first-order chi connectivity index (χ1) is 17.8. The summed E-state index contributed by atoms with van der Waals surface area (Å²) in [5.41, 5.74) is 2.18. The maximum absolute atomic E-state index is 14.6. The van der Waals surface area contributed by atoms with Gasteiger partial charge in [0.05, 0.1) is 23.9 Å². The Morgan fingerprint density at radius 1 is 1.00 bits per heavy atom. The van der Waals surface area contributed by atoms with E-state index in [-0.39, 0.29) is 23.4 Å². The highest BCUT2D eigenvalue weighted by molar-refractivity contribution is 5.99. The number of hydrogen-bond donors (Lipinski definition) is 1. The van der Waals surface area contributed by atoms with Gasteiger partial charge < -0.3 is 19.6 Å². The Labute approximate surface area is 215 Å². The minimum absolute atomic E-state index is 0.00706. The minimum Gasteiger partial charge on any atom is -0.489 e. The van der Waals surface area contributed by atoms with Crippen LogP contribution in [0.25, 0.3) is 11.3 Å². The Hall–Kier alpha value is -4.30. The fraction of sp³-hybridized carbons (Fsp3) is 0.207. The standard InChI is InChI=1S/C29H29FN4O3/c1-33(2)29-31-17-24(27(32-29)23-14-7-8-15-25(23)30)28(36)34(3)18-26(35)21-12-9-13-22(16-21)37-19-20-10-5-4-6-11-20/h4-17,26,35H,18-19H2,1-3H3. The second kappa shape index (κ2) is 11.6. The molecule has 0 spiro atoms. The van der Waals surface area contributed by atoms with Crippen LogP contribution < -0.4 is 9.64 Å². The average molecular weight is 501 g/mol. The minimum atomic E-state index is -0.965. The van der Waals surface area contributed by atoms with Gasteiger partial charge in [0.2, 0.25) is 5.95 Å². The molecule has 8 heteroatoms. The summed E-state index contributed by atoms with van der Waals surface area (Å²) in [6.45, 7) is 0.410. The Bertz CT molecular complexity index is 1360. The monoisotopic (exact) mass is 500 g/mol. The van der Waals surface area contributed by atoms with Gasteiger partial charge in [0.25, 0.3) is 5.91 Å². The SMILES string of the molecule is CN(CC(O)c1cccc(OCc2ccccc2)c1)C(=O)c1cnc(N(C)C)nc1-c1ccccc1F. The van der Waals surface area contributed by atoms with E-state index in [4.69, 9.17) is 4.74 Å². The molecule has 0 saturated heterocycles. The average Bonchev–Trinajstić information content (AvgIpc) is 2.92. The zero-order valence-electron chi connectivity index (χ0n) is 21.0. The van der Waals surface area contributed by atoms with Gasteiger partial charge in [0.15, 0.2) is 0 Å². The van der Waals surface area contributed by atoms with Crippen LogP contribution >= 0.6 is 0 Å². The lowest BCUT2D eigenvalue weighted by molar-refractivity contribution is 0.0680. The molecule has 37 heavy (non-hydrogen) atoms. The molecular formula is C29H29FN4O3. The molecule has 0 radical (unpaired) electrons. The van der Waals surface area contributed by atoms with Crippen molar-refractivity contribution in [3.05, 3.63) is 108 Å². The van der Waals surface area contributed by atoms with Gasteiger partial charge in [0, 0.05) is 32.9 Å². The van der Waals surface area contributed by atoms with Gasteiger partial charge >= 0.3 is 0 Å². The summed E-state index contributed by atoms with van der Waals surface area (Å²) in [5.74, 6) is 0.0442. The molecule has 0 saturated carbocycles. The molecule has 4 aromatic rings. The lowest BCUT2D eigenvalue weighted by Gasteiger charge is -2.23. The van der Waals surface area contributed by atoms with E-state index < -0.39 is 17.8 Å². The number of hydrogen-bond acceptors (Lipinski definition) is 6. The number of amides is 1. The molecule has 1 aromatic heterocycles. The van der Waals surface area contributed by atoms with Crippen LogP contribution in [-0.2, 0) is 6.61 Å². The molecule has 1 unspecified atom stereocenters. The van der Waals surface area contributed by atoms with Crippen LogP contribution in [0.15, 0.2) is 85.1 Å². The fourth-order valence-corrected chi connectivity index (χ4v) is 3.81. The quantitative estimate of drug-likeness (QED) is 0.358. The summed E-state index contributed by atoms with van der Waals surface area (Å²) in [7, 11) is 5.11. The first-order valence-electron chi connectivity index (χ1n) is 11.8. The van der Waals surface area contributed by atoms with E-state index in [1.807, 2.05) is 36.4 Å². The Morgan fingerprint density at radius 2 is 1.73 bits per heavy atom. The molecule has 0 aliphatic carbocycles. The summed E-state index contributed by atoms with van der Waals surface area (Å²) in [4.78, 5) is 25.2. The summed E-state index contributed by atoms with van der Waals surface area (Å²) < 4.78 is 20.5. The molecule has 0 fully saturated rings. The number of aliphatic hydroxyl groups is 1. The van der Waals surface area contributed by atoms with Crippen molar-refractivity contribution in [2.75, 3.05) is 32.6 Å². The number of benzene rings is 3. The van der Waals surface area contributed by atoms with Gasteiger partial charge in [-0.2, -0.15) is 0 Å². The zero-order valence-corrected chi connectivity index (χ0v) is 21.0. The highest BCUT2D eigenvalue weighted by Gasteiger charge is 2.24. The third-order valence-corrected chi connectivity index (χ3v) is 5.82. The molecule has 190 valence electrons. The molecule has 1 amide bonds. The van der Waals surface area contributed by atoms with Crippen LogP contribution in [0.2, 0.25) is 0 Å². The fourth-order valence-electron chi connectivity index (χ4n) is 3.81. The van der Waals surface area contributed by atoms with Gasteiger partial charge in [-0.05, 0) is 35.4 Å². The highest BCUT2D eigenvalue weighted by Crippen LogP contribution is 2.27. The van der Waals surface area contributed by atoms with Crippen molar-refractivity contribution in [2.24, 2.45) is 0 Å². The Kier molecular flexibility index (Phi) is 8.10. The van der Waals surface area contributed by atoms with E-state index in [9.17, 15) is 14.3 Å². The van der Waals surface area contributed by atoms with Crippen LogP contribution in [-0.4, -0.2) is 53.6 Å². The van der Waals surface area contributed by atoms with E-state index in [0.29, 0.717) is 23.9 Å². The molecule has 7 nitrogen and oxygen atoms in total. The number of carbonyl (C=O) groups excluding carboxylic acids is 1. The van der Waals surface area contributed by atoms with Gasteiger partial charge in [-0.25, -0.2) is 14.4 Å².